The Morgan fingerprint density at radius 3 is 2.71 bits per heavy atom. The van der Waals surface area contributed by atoms with Gasteiger partial charge in [-0.3, -0.25) is 0 Å². The average molecular weight is 328 g/mol. The fourth-order valence-corrected chi connectivity index (χ4v) is 3.18. The largest absolute Gasteiger partial charge is 0.370 e. The van der Waals surface area contributed by atoms with Gasteiger partial charge in [-0.05, 0) is 37.8 Å². The Morgan fingerprint density at radius 2 is 1.92 bits per heavy atom. The standard InChI is InChI=1S/C19H25FN4/c1-14-13-18(21-12-11-15-7-5-6-10-17(15)20)24-19(22-14)23-16-8-3-2-4-9-16/h5-7,10,13,16H,2-4,8-9,11-12H2,1H3,(H2,21,22,23,24). The van der Waals surface area contributed by atoms with E-state index in [2.05, 4.69) is 20.6 Å². The van der Waals surface area contributed by atoms with Crippen LogP contribution in [0.25, 0.3) is 0 Å². The third-order valence-corrected chi connectivity index (χ3v) is 4.45. The van der Waals surface area contributed by atoms with E-state index < -0.39 is 0 Å². The number of nitrogens with zero attached hydrogens (tertiary/aromatic N) is 2. The molecule has 1 aromatic carbocycles. The van der Waals surface area contributed by atoms with E-state index in [4.69, 9.17) is 0 Å². The summed E-state index contributed by atoms with van der Waals surface area (Å²) in [6.07, 6.45) is 6.88. The molecule has 4 nitrogen and oxygen atoms in total. The number of aryl methyl sites for hydroxylation is 1. The summed E-state index contributed by atoms with van der Waals surface area (Å²) in [5.74, 6) is 1.32. The van der Waals surface area contributed by atoms with Crippen LogP contribution in [0.3, 0.4) is 0 Å². The molecule has 1 aliphatic carbocycles. The van der Waals surface area contributed by atoms with E-state index in [1.54, 1.807) is 6.07 Å². The predicted octanol–water partition coefficient (Wildman–Crippen LogP) is 4.32. The zero-order chi connectivity index (χ0) is 16.8. The van der Waals surface area contributed by atoms with E-state index in [0.29, 0.717) is 25.0 Å². The Balaban J connectivity index is 1.58. The minimum absolute atomic E-state index is 0.155. The van der Waals surface area contributed by atoms with Crippen molar-refractivity contribution in [1.82, 2.24) is 9.97 Å². The summed E-state index contributed by atoms with van der Waals surface area (Å²) in [5, 5.41) is 6.74. The van der Waals surface area contributed by atoms with Gasteiger partial charge >= 0.3 is 0 Å². The molecule has 128 valence electrons. The molecule has 0 amide bonds. The second kappa shape index (κ2) is 8.08. The maximum absolute atomic E-state index is 13.6. The third kappa shape index (κ3) is 4.66. The molecule has 1 heterocycles. The Labute approximate surface area is 142 Å². The van der Waals surface area contributed by atoms with Crippen molar-refractivity contribution in [3.63, 3.8) is 0 Å². The van der Waals surface area contributed by atoms with Crippen LogP contribution in [0, 0.1) is 12.7 Å². The topological polar surface area (TPSA) is 49.8 Å². The number of rotatable bonds is 6. The van der Waals surface area contributed by atoms with Gasteiger partial charge in [0.05, 0.1) is 0 Å². The van der Waals surface area contributed by atoms with Crippen molar-refractivity contribution in [2.45, 2.75) is 51.5 Å². The Bertz CT molecular complexity index is 668. The van der Waals surface area contributed by atoms with Crippen LogP contribution in [-0.4, -0.2) is 22.6 Å². The van der Waals surface area contributed by atoms with Gasteiger partial charge in [0, 0.05) is 24.3 Å². The van der Waals surface area contributed by atoms with Crippen molar-refractivity contribution in [2.75, 3.05) is 17.2 Å². The van der Waals surface area contributed by atoms with E-state index in [9.17, 15) is 4.39 Å². The van der Waals surface area contributed by atoms with Crippen LogP contribution in [0.4, 0.5) is 16.2 Å². The zero-order valence-corrected chi connectivity index (χ0v) is 14.2. The number of hydrogen-bond acceptors (Lipinski definition) is 4. The molecule has 1 fully saturated rings. The molecule has 5 heteroatoms. The molecule has 2 aromatic rings. The molecule has 24 heavy (non-hydrogen) atoms. The maximum atomic E-state index is 13.6. The van der Waals surface area contributed by atoms with Gasteiger partial charge in [-0.25, -0.2) is 9.37 Å². The summed E-state index contributed by atoms with van der Waals surface area (Å²) >= 11 is 0. The lowest BCUT2D eigenvalue weighted by Gasteiger charge is -2.23. The lowest BCUT2D eigenvalue weighted by molar-refractivity contribution is 0.461. The molecule has 0 saturated heterocycles. The van der Waals surface area contributed by atoms with Crippen molar-refractivity contribution in [3.8, 4) is 0 Å². The van der Waals surface area contributed by atoms with Gasteiger partial charge in [-0.2, -0.15) is 4.98 Å². The number of anilines is 2. The van der Waals surface area contributed by atoms with Crippen molar-refractivity contribution in [1.29, 1.82) is 0 Å². The van der Waals surface area contributed by atoms with Crippen LogP contribution in [0.1, 0.15) is 43.4 Å². The second-order valence-corrected chi connectivity index (χ2v) is 6.47. The Morgan fingerprint density at radius 1 is 1.12 bits per heavy atom. The summed E-state index contributed by atoms with van der Waals surface area (Å²) in [4.78, 5) is 9.04. The van der Waals surface area contributed by atoms with Crippen LogP contribution in [0.15, 0.2) is 30.3 Å². The highest BCUT2D eigenvalue weighted by Gasteiger charge is 2.14. The molecular formula is C19H25FN4. The predicted molar refractivity (Wildman–Crippen MR) is 95.9 cm³/mol. The first kappa shape index (κ1) is 16.7. The van der Waals surface area contributed by atoms with Gasteiger partial charge in [-0.15, -0.1) is 0 Å². The fourth-order valence-electron chi connectivity index (χ4n) is 3.18. The summed E-state index contributed by atoms with van der Waals surface area (Å²) in [6, 6.07) is 9.29. The minimum Gasteiger partial charge on any atom is -0.370 e. The van der Waals surface area contributed by atoms with Gasteiger partial charge in [0.25, 0.3) is 0 Å². The zero-order valence-electron chi connectivity index (χ0n) is 14.2. The van der Waals surface area contributed by atoms with Crippen LogP contribution < -0.4 is 10.6 Å². The SMILES string of the molecule is Cc1cc(NCCc2ccccc2F)nc(NC2CCCCC2)n1. The molecule has 0 aliphatic heterocycles. The summed E-state index contributed by atoms with van der Waals surface area (Å²) in [7, 11) is 0. The van der Waals surface area contributed by atoms with Crippen molar-refractivity contribution < 1.29 is 4.39 Å². The first-order valence-corrected chi connectivity index (χ1v) is 8.80. The lowest BCUT2D eigenvalue weighted by Crippen LogP contribution is -2.24. The number of halogens is 1. The third-order valence-electron chi connectivity index (χ3n) is 4.45. The highest BCUT2D eigenvalue weighted by atomic mass is 19.1. The van der Waals surface area contributed by atoms with Crippen molar-refractivity contribution >= 4 is 11.8 Å². The van der Waals surface area contributed by atoms with E-state index in [-0.39, 0.29) is 5.82 Å². The van der Waals surface area contributed by atoms with Crippen LogP contribution in [0.5, 0.6) is 0 Å². The molecule has 2 N–H and O–H groups in total. The number of nitrogens with one attached hydrogen (secondary N) is 2. The monoisotopic (exact) mass is 328 g/mol. The van der Waals surface area contributed by atoms with Crippen LogP contribution in [-0.2, 0) is 6.42 Å². The van der Waals surface area contributed by atoms with Crippen molar-refractivity contribution in [2.24, 2.45) is 0 Å². The quantitative estimate of drug-likeness (QED) is 0.829. The molecule has 3 rings (SSSR count). The van der Waals surface area contributed by atoms with Gasteiger partial charge in [-0.1, -0.05) is 37.5 Å². The Kier molecular flexibility index (Phi) is 5.62. The molecule has 0 unspecified atom stereocenters. The highest BCUT2D eigenvalue weighted by Crippen LogP contribution is 2.21. The van der Waals surface area contributed by atoms with Gasteiger partial charge in [0.15, 0.2) is 0 Å². The number of benzene rings is 1. The first-order chi connectivity index (χ1) is 11.7. The fraction of sp³-hybridized carbons (Fsp3) is 0.474. The van der Waals surface area contributed by atoms with E-state index >= 15 is 0 Å². The first-order valence-electron chi connectivity index (χ1n) is 8.80. The number of hydrogen-bond donors (Lipinski definition) is 2. The van der Waals surface area contributed by atoms with E-state index in [1.165, 1.54) is 38.2 Å². The van der Waals surface area contributed by atoms with Gasteiger partial charge in [0.1, 0.15) is 11.6 Å². The summed E-state index contributed by atoms with van der Waals surface area (Å²) < 4.78 is 13.6. The van der Waals surface area contributed by atoms with Crippen LogP contribution >= 0.6 is 0 Å². The summed E-state index contributed by atoms with van der Waals surface area (Å²) in [6.45, 7) is 2.61. The maximum Gasteiger partial charge on any atom is 0.225 e. The van der Waals surface area contributed by atoms with E-state index in [1.807, 2.05) is 25.1 Å². The molecule has 1 aliphatic rings. The Hall–Kier alpha value is -2.17. The average Bonchev–Trinajstić information content (AvgIpc) is 2.57. The van der Waals surface area contributed by atoms with Gasteiger partial charge < -0.3 is 10.6 Å². The number of aromatic nitrogens is 2. The lowest BCUT2D eigenvalue weighted by atomic mass is 9.96. The normalized spacial score (nSPS) is 15.2. The molecule has 1 saturated carbocycles. The molecule has 0 bridgehead atoms. The molecular weight excluding hydrogens is 303 g/mol. The van der Waals surface area contributed by atoms with E-state index in [0.717, 1.165) is 17.1 Å². The molecule has 0 radical (unpaired) electrons. The summed E-state index contributed by atoms with van der Waals surface area (Å²) in [5.41, 5.74) is 1.65. The van der Waals surface area contributed by atoms with Crippen LogP contribution in [0.2, 0.25) is 0 Å². The van der Waals surface area contributed by atoms with Crippen molar-refractivity contribution in [3.05, 3.63) is 47.4 Å². The molecule has 0 atom stereocenters. The molecule has 1 aromatic heterocycles. The molecule has 0 spiro atoms. The minimum atomic E-state index is -0.155. The van der Waals surface area contributed by atoms with Gasteiger partial charge in [0.2, 0.25) is 5.95 Å². The second-order valence-electron chi connectivity index (χ2n) is 6.47. The smallest absolute Gasteiger partial charge is 0.225 e. The highest BCUT2D eigenvalue weighted by molar-refractivity contribution is 5.42.